The topological polar surface area (TPSA) is 19.9 Å². The van der Waals surface area contributed by atoms with Crippen LogP contribution in [-0.4, -0.2) is 8.32 Å². The van der Waals surface area contributed by atoms with Crippen molar-refractivity contribution in [1.29, 1.82) is 0 Å². The molecule has 0 spiro atoms. The first kappa shape index (κ1) is 56.2. The van der Waals surface area contributed by atoms with E-state index in [1.807, 2.05) is 0 Å². The van der Waals surface area contributed by atoms with Crippen LogP contribution in [0.5, 0.6) is 0 Å². The van der Waals surface area contributed by atoms with Gasteiger partial charge in [-0.2, -0.15) is 0 Å². The second-order valence-electron chi connectivity index (χ2n) is 19.7. The predicted octanol–water partition coefficient (Wildman–Crippen LogP) is 21.1. The van der Waals surface area contributed by atoms with Crippen molar-refractivity contribution in [2.45, 2.75) is 347 Å². The highest BCUT2D eigenvalue weighted by Crippen LogP contribution is 2.47. The minimum absolute atomic E-state index is 0.433. The fourth-order valence-electron chi connectivity index (χ4n) is 10.1. The quantitative estimate of drug-likeness (QED) is 0.0431. The molecule has 0 bridgehead atoms. The summed E-state index contributed by atoms with van der Waals surface area (Å²) in [6.07, 6.45) is 63.1. The lowest BCUT2D eigenvalue weighted by molar-refractivity contribution is 0.346. The molecule has 0 heterocycles. The van der Waals surface area contributed by atoms with Crippen molar-refractivity contribution in [3.8, 4) is 0 Å². The lowest BCUT2D eigenvalue weighted by Gasteiger charge is -2.39. The number of unbranched alkanes of at least 4 members (excludes halogenated alkanes) is 39. The molecule has 56 heavy (non-hydrogen) atoms. The molecule has 0 aromatic heterocycles. The number of hydrogen-bond acceptors (Lipinski definition) is 0. The van der Waals surface area contributed by atoms with Crippen molar-refractivity contribution in [2.75, 3.05) is 0 Å². The maximum Gasteiger partial charge on any atom is 0.245 e. The van der Waals surface area contributed by atoms with Crippen LogP contribution in [-0.2, 0) is 4.80 Å². The van der Waals surface area contributed by atoms with E-state index in [2.05, 4.69) is 41.5 Å². The Morgan fingerprint density at radius 2 is 0.357 bits per heavy atom. The molecule has 0 rings (SSSR count). The average molecular weight is 805 g/mol. The van der Waals surface area contributed by atoms with Crippen molar-refractivity contribution in [1.82, 2.24) is 0 Å². The minimum Gasteiger partial charge on any atom is -0.296 e. The van der Waals surface area contributed by atoms with E-state index in [1.54, 1.807) is 0 Å². The maximum absolute atomic E-state index is 15.2. The molecular formula is C54H111OSi. The molecule has 0 aliphatic carbocycles. The van der Waals surface area contributed by atoms with Crippen LogP contribution in [0.3, 0.4) is 0 Å². The number of rotatable bonds is 48. The summed E-state index contributed by atoms with van der Waals surface area (Å²) in [5.41, 5.74) is 1.30. The molecule has 3 atom stereocenters. The van der Waals surface area contributed by atoms with E-state index in [4.69, 9.17) is 0 Å². The first-order valence-corrected chi connectivity index (χ1v) is 29.3. The molecule has 3 unspecified atom stereocenters. The predicted molar refractivity (Wildman–Crippen MR) is 259 cm³/mol. The average Bonchev–Trinajstić information content (AvgIpc) is 3.20. The second-order valence-corrected chi connectivity index (χ2v) is 24.4. The highest BCUT2D eigenvalue weighted by molar-refractivity contribution is 6.76. The van der Waals surface area contributed by atoms with Gasteiger partial charge >= 0.3 is 0 Å². The Kier molecular flexibility index (Phi) is 44.9. The summed E-state index contributed by atoms with van der Waals surface area (Å²) in [7, 11) is -2.62. The molecule has 0 saturated heterocycles. The molecule has 0 aliphatic rings. The minimum atomic E-state index is -2.62. The summed E-state index contributed by atoms with van der Waals surface area (Å²) < 4.78 is 0. The molecule has 0 aromatic rings. The largest absolute Gasteiger partial charge is 0.296 e. The molecule has 2 heteroatoms. The van der Waals surface area contributed by atoms with Gasteiger partial charge in [0.1, 0.15) is 0 Å². The van der Waals surface area contributed by atoms with Crippen LogP contribution in [0.4, 0.5) is 0 Å². The summed E-state index contributed by atoms with van der Waals surface area (Å²) in [5, 5.41) is 0. The van der Waals surface area contributed by atoms with Gasteiger partial charge in [0.2, 0.25) is 8.32 Å². The highest BCUT2D eigenvalue weighted by Gasteiger charge is 2.48. The van der Waals surface area contributed by atoms with Crippen LogP contribution >= 0.6 is 0 Å². The van der Waals surface area contributed by atoms with Crippen LogP contribution in [0.2, 0.25) is 16.6 Å². The second kappa shape index (κ2) is 44.7. The molecule has 1 radical (unpaired) electrons. The zero-order chi connectivity index (χ0) is 41.1. The van der Waals surface area contributed by atoms with Crippen LogP contribution < -0.4 is 0 Å². The smallest absolute Gasteiger partial charge is 0.245 e. The van der Waals surface area contributed by atoms with E-state index < -0.39 is 8.32 Å². The molecule has 337 valence electrons. The highest BCUT2D eigenvalue weighted by atomic mass is 28.4. The molecule has 0 aromatic carbocycles. The lowest BCUT2D eigenvalue weighted by Crippen LogP contribution is -2.46. The van der Waals surface area contributed by atoms with E-state index in [1.165, 1.54) is 289 Å². The van der Waals surface area contributed by atoms with Gasteiger partial charge in [0, 0.05) is 0 Å². The van der Waals surface area contributed by atoms with Crippen LogP contribution in [0.25, 0.3) is 0 Å². The first-order chi connectivity index (χ1) is 27.4. The first-order valence-electron chi connectivity index (χ1n) is 27.1. The zero-order valence-corrected chi connectivity index (χ0v) is 41.5. The van der Waals surface area contributed by atoms with Gasteiger partial charge < -0.3 is 0 Å². The molecule has 1 nitrogen and oxygen atoms in total. The zero-order valence-electron chi connectivity index (χ0n) is 40.5. The summed E-state index contributed by atoms with van der Waals surface area (Å²) in [5.74, 6) is 0. The van der Waals surface area contributed by atoms with Crippen LogP contribution in [0, 0.1) is 0 Å². The summed E-state index contributed by atoms with van der Waals surface area (Å²) in [6.45, 7) is 14.2. The van der Waals surface area contributed by atoms with Gasteiger partial charge in [0.25, 0.3) is 0 Å². The van der Waals surface area contributed by atoms with E-state index in [0.29, 0.717) is 16.6 Å². The van der Waals surface area contributed by atoms with Gasteiger partial charge in [0.15, 0.2) is 0 Å². The lowest BCUT2D eigenvalue weighted by atomic mass is 10.0. The van der Waals surface area contributed by atoms with Gasteiger partial charge in [-0.15, -0.1) is 0 Å². The fourth-order valence-corrected chi connectivity index (χ4v) is 14.9. The van der Waals surface area contributed by atoms with Crippen LogP contribution in [0.15, 0.2) is 0 Å². The standard InChI is InChI=1S/C54H111OSi/c1-7-10-13-16-19-22-25-28-31-34-37-40-43-46-49-52(4)56(55,53(5)50-47-44-41-38-35-32-29-26-23-20-17-14-11-8-2)54(6)51-48-45-42-39-36-33-30-27-24-21-18-15-12-9-3/h52-54H,7-51H2,1-6H3. The maximum atomic E-state index is 15.2. The Balaban J connectivity index is 4.48. The molecule has 0 N–H and O–H groups in total. The molecule has 0 aliphatic heterocycles. The Bertz CT molecular complexity index is 628. The Morgan fingerprint density at radius 1 is 0.232 bits per heavy atom. The van der Waals surface area contributed by atoms with Gasteiger partial charge in [0.05, 0.1) is 0 Å². The molecule has 0 amide bonds. The Labute approximate surface area is 358 Å². The third-order valence-electron chi connectivity index (χ3n) is 14.3. The summed E-state index contributed by atoms with van der Waals surface area (Å²) in [4.78, 5) is 15.2. The Hall–Kier alpha value is 0.177. The number of hydrogen-bond donors (Lipinski definition) is 0. The summed E-state index contributed by atoms with van der Waals surface area (Å²) in [6, 6.07) is 0. The van der Waals surface area contributed by atoms with Crippen molar-refractivity contribution >= 4 is 8.32 Å². The molecule has 0 saturated carbocycles. The van der Waals surface area contributed by atoms with Crippen molar-refractivity contribution < 1.29 is 4.80 Å². The monoisotopic (exact) mass is 804 g/mol. The normalized spacial score (nSPS) is 14.6. The molecular weight excluding hydrogens is 693 g/mol. The summed E-state index contributed by atoms with van der Waals surface area (Å²) >= 11 is 0. The fraction of sp³-hybridized carbons (Fsp3) is 1.00. The third-order valence-corrected chi connectivity index (χ3v) is 19.8. The van der Waals surface area contributed by atoms with Gasteiger partial charge in [-0.1, -0.05) is 330 Å². The van der Waals surface area contributed by atoms with Crippen molar-refractivity contribution in [3.05, 3.63) is 0 Å². The van der Waals surface area contributed by atoms with Gasteiger partial charge in [-0.25, -0.2) is 0 Å². The van der Waals surface area contributed by atoms with Crippen molar-refractivity contribution in [3.63, 3.8) is 0 Å². The van der Waals surface area contributed by atoms with E-state index >= 15 is 4.80 Å². The van der Waals surface area contributed by atoms with E-state index in [9.17, 15) is 0 Å². The SMILES string of the molecule is CCCCCCCCCCCCCCCCC(C)[Si]([O])(C(C)CCCCCCCCCCCCCCCC)C(C)CCCCCCCCCCCCCCCC. The van der Waals surface area contributed by atoms with Gasteiger partial charge in [-0.05, 0) is 16.6 Å². The van der Waals surface area contributed by atoms with E-state index in [-0.39, 0.29) is 0 Å². The van der Waals surface area contributed by atoms with Gasteiger partial charge in [-0.3, -0.25) is 4.80 Å². The molecule has 0 fully saturated rings. The van der Waals surface area contributed by atoms with Crippen molar-refractivity contribution in [2.24, 2.45) is 0 Å². The van der Waals surface area contributed by atoms with Crippen LogP contribution in [0.1, 0.15) is 330 Å². The third kappa shape index (κ3) is 35.0. The Morgan fingerprint density at radius 3 is 0.500 bits per heavy atom. The van der Waals surface area contributed by atoms with E-state index in [0.717, 1.165) is 0 Å².